The number of nitrogens with two attached hydrogens (primary N) is 1. The lowest BCUT2D eigenvalue weighted by Gasteiger charge is -1.80. The molecule has 0 aliphatic rings. The summed E-state index contributed by atoms with van der Waals surface area (Å²) in [4.78, 5) is 1.43. The van der Waals surface area contributed by atoms with E-state index in [0.29, 0.717) is 0 Å². The highest BCUT2D eigenvalue weighted by atomic mass is 15.5. The van der Waals surface area contributed by atoms with Gasteiger partial charge in [-0.1, -0.05) is 0 Å². The van der Waals surface area contributed by atoms with E-state index < -0.39 is 0 Å². The van der Waals surface area contributed by atoms with Crippen molar-refractivity contribution in [1.29, 1.82) is 0 Å². The molecule has 0 spiro atoms. The first kappa shape index (κ1) is 6.40. The fourth-order valence-electron chi connectivity index (χ4n) is 0.282. The molecule has 0 rings (SSSR count). The highest BCUT2D eigenvalue weighted by Gasteiger charge is 1.85. The van der Waals surface area contributed by atoms with Crippen molar-refractivity contribution in [2.45, 2.75) is 13.8 Å². The Hall–Kier alpha value is -0.600. The summed E-state index contributed by atoms with van der Waals surface area (Å²) < 4.78 is 0. The van der Waals surface area contributed by atoms with E-state index in [9.17, 15) is 0 Å². The van der Waals surface area contributed by atoms with Crippen LogP contribution in [0.15, 0.2) is 5.11 Å². The molecule has 0 aliphatic heterocycles. The zero-order chi connectivity index (χ0) is 5.70. The lowest BCUT2D eigenvalue weighted by atomic mass is 10.8. The minimum absolute atomic E-state index is 0.768. The first-order chi connectivity index (χ1) is 3.31. The fourth-order valence-corrected chi connectivity index (χ4v) is 0.282. The molecular formula is C4H12N3+. The molecule has 0 aromatic rings. The van der Waals surface area contributed by atoms with Gasteiger partial charge in [0.2, 0.25) is 0 Å². The number of rotatable bonds is 2. The quantitative estimate of drug-likeness (QED) is 0.232. The predicted octanol–water partition coefficient (Wildman–Crippen LogP) is 0.365. The van der Waals surface area contributed by atoms with Crippen molar-refractivity contribution >= 4 is 0 Å². The molecule has 0 aliphatic carbocycles. The molecule has 0 aromatic heterocycles. The Kier molecular flexibility index (Phi) is 3.28. The Morgan fingerprint density at radius 2 is 2.14 bits per heavy atom. The van der Waals surface area contributed by atoms with Crippen LogP contribution in [0.1, 0.15) is 13.8 Å². The van der Waals surface area contributed by atoms with Crippen molar-refractivity contribution in [1.82, 2.24) is 0 Å². The van der Waals surface area contributed by atoms with Crippen LogP contribution in [0.3, 0.4) is 0 Å². The van der Waals surface area contributed by atoms with Gasteiger partial charge < -0.3 is 0 Å². The summed E-state index contributed by atoms with van der Waals surface area (Å²) in [5.41, 5.74) is 0. The van der Waals surface area contributed by atoms with Gasteiger partial charge >= 0.3 is 0 Å². The number of hydrogen-bond donors (Lipinski definition) is 1. The number of hydrogen-bond acceptors (Lipinski definition) is 1. The third kappa shape index (κ3) is 3.22. The molecule has 0 fully saturated rings. The fraction of sp³-hybridized carbons (Fsp3) is 1.00. The molecule has 0 aromatic carbocycles. The highest BCUT2D eigenvalue weighted by molar-refractivity contribution is 4.10. The Balaban J connectivity index is 3.29. The highest BCUT2D eigenvalue weighted by Crippen LogP contribution is 1.66. The molecule has 3 nitrogen and oxygen atoms in total. The maximum Gasteiger partial charge on any atom is 0.196 e. The van der Waals surface area contributed by atoms with E-state index in [-0.39, 0.29) is 0 Å². The van der Waals surface area contributed by atoms with E-state index in [0.717, 1.165) is 13.1 Å². The Morgan fingerprint density at radius 3 is 2.29 bits per heavy atom. The van der Waals surface area contributed by atoms with Crippen LogP contribution in [-0.4, -0.2) is 17.9 Å². The molecule has 0 saturated heterocycles. The van der Waals surface area contributed by atoms with Gasteiger partial charge in [0, 0.05) is 6.92 Å². The van der Waals surface area contributed by atoms with Gasteiger partial charge in [0.25, 0.3) is 0 Å². The van der Waals surface area contributed by atoms with Crippen molar-refractivity contribution in [3.63, 3.8) is 0 Å². The average Bonchev–Trinajstić information content (AvgIpc) is 1.68. The lowest BCUT2D eigenvalue weighted by Crippen LogP contribution is -2.16. The zero-order valence-electron chi connectivity index (χ0n) is 4.89. The second-order valence-corrected chi connectivity index (χ2v) is 1.21. The molecule has 0 atom stereocenters. The van der Waals surface area contributed by atoms with Crippen molar-refractivity contribution in [2.75, 3.05) is 13.1 Å². The van der Waals surface area contributed by atoms with E-state index >= 15 is 0 Å². The van der Waals surface area contributed by atoms with Crippen LogP contribution in [0.5, 0.6) is 0 Å². The molecule has 0 bridgehead atoms. The molecule has 2 N–H and O–H groups in total. The van der Waals surface area contributed by atoms with Gasteiger partial charge in [0.05, 0.1) is 0 Å². The molecule has 0 heterocycles. The molecule has 0 unspecified atom stereocenters. The molecule has 0 amide bonds. The molecule has 7 heavy (non-hydrogen) atoms. The standard InChI is InChI=1S/C4H12N3/c1-3-6-7(5)4-2/h3-4H2,1-2H3,(H2,5,6)/q+1. The van der Waals surface area contributed by atoms with E-state index in [2.05, 4.69) is 5.11 Å². The second-order valence-electron chi connectivity index (χ2n) is 1.21. The summed E-state index contributed by atoms with van der Waals surface area (Å²) in [6.07, 6.45) is 0. The van der Waals surface area contributed by atoms with Gasteiger partial charge in [-0.05, 0) is 16.8 Å². The minimum atomic E-state index is 0.768. The SMILES string of the molecule is CCN=[N+](N)CC. The lowest BCUT2D eigenvalue weighted by molar-refractivity contribution is -0.603. The van der Waals surface area contributed by atoms with Gasteiger partial charge in [-0.2, -0.15) is 5.84 Å². The van der Waals surface area contributed by atoms with Gasteiger partial charge in [0.15, 0.2) is 6.54 Å². The zero-order valence-corrected chi connectivity index (χ0v) is 4.89. The monoisotopic (exact) mass is 102 g/mol. The van der Waals surface area contributed by atoms with Crippen molar-refractivity contribution < 1.29 is 4.81 Å². The maximum absolute atomic E-state index is 5.25. The van der Waals surface area contributed by atoms with Crippen molar-refractivity contribution in [2.24, 2.45) is 11.0 Å². The summed E-state index contributed by atoms with van der Waals surface area (Å²) in [6, 6.07) is 0. The molecular weight excluding hydrogens is 90.1 g/mol. The van der Waals surface area contributed by atoms with E-state index in [4.69, 9.17) is 5.84 Å². The third-order valence-electron chi connectivity index (χ3n) is 0.647. The molecule has 0 radical (unpaired) electrons. The maximum atomic E-state index is 5.25. The van der Waals surface area contributed by atoms with Gasteiger partial charge in [-0.3, -0.25) is 0 Å². The Morgan fingerprint density at radius 1 is 1.57 bits per heavy atom. The van der Waals surface area contributed by atoms with Gasteiger partial charge in [-0.25, -0.2) is 0 Å². The van der Waals surface area contributed by atoms with Crippen LogP contribution < -0.4 is 5.84 Å². The Labute approximate surface area is 43.8 Å². The van der Waals surface area contributed by atoms with E-state index in [1.54, 1.807) is 0 Å². The number of hydrazine groups is 1. The van der Waals surface area contributed by atoms with Crippen LogP contribution in [0, 0.1) is 0 Å². The average molecular weight is 102 g/mol. The molecule has 42 valence electrons. The summed E-state index contributed by atoms with van der Waals surface area (Å²) >= 11 is 0. The summed E-state index contributed by atoms with van der Waals surface area (Å²) in [5, 5.41) is 3.85. The normalized spacial score (nSPS) is 12.0. The Bertz CT molecular complexity index is 67.3. The van der Waals surface area contributed by atoms with E-state index in [1.807, 2.05) is 13.8 Å². The number of azo groups is 1. The largest absolute Gasteiger partial charge is 0.196 e. The van der Waals surface area contributed by atoms with E-state index in [1.165, 1.54) is 4.81 Å². The van der Waals surface area contributed by atoms with Crippen molar-refractivity contribution in [3.8, 4) is 0 Å². The first-order valence-corrected chi connectivity index (χ1v) is 2.50. The third-order valence-corrected chi connectivity index (χ3v) is 0.647. The predicted molar refractivity (Wildman–Crippen MR) is 28.0 cm³/mol. The van der Waals surface area contributed by atoms with Crippen LogP contribution >= 0.6 is 0 Å². The van der Waals surface area contributed by atoms with Gasteiger partial charge in [0.1, 0.15) is 6.54 Å². The van der Waals surface area contributed by atoms with Gasteiger partial charge in [-0.15, -0.1) is 0 Å². The summed E-state index contributed by atoms with van der Waals surface area (Å²) in [6.45, 7) is 5.47. The second kappa shape index (κ2) is 3.59. The van der Waals surface area contributed by atoms with Crippen molar-refractivity contribution in [3.05, 3.63) is 0 Å². The topological polar surface area (TPSA) is 41.4 Å². The number of nitrogens with zero attached hydrogens (tertiary/aromatic N) is 2. The summed E-state index contributed by atoms with van der Waals surface area (Å²) in [7, 11) is 0. The smallest absolute Gasteiger partial charge is 0.186 e. The van der Waals surface area contributed by atoms with Crippen LogP contribution in [0.4, 0.5) is 0 Å². The first-order valence-electron chi connectivity index (χ1n) is 2.50. The van der Waals surface area contributed by atoms with Crippen LogP contribution in [0.25, 0.3) is 0 Å². The molecule has 0 saturated carbocycles. The molecule has 3 heteroatoms. The minimum Gasteiger partial charge on any atom is -0.186 e. The summed E-state index contributed by atoms with van der Waals surface area (Å²) in [5.74, 6) is 5.25. The van der Waals surface area contributed by atoms with Crippen LogP contribution in [-0.2, 0) is 0 Å². The van der Waals surface area contributed by atoms with Crippen LogP contribution in [0.2, 0.25) is 0 Å².